The normalized spacial score (nSPS) is 12.7. The number of hydrogen-bond acceptors (Lipinski definition) is 1. The average molecular weight is 267 g/mol. The van der Waals surface area contributed by atoms with Gasteiger partial charge in [-0.15, -0.1) is 0 Å². The van der Waals surface area contributed by atoms with E-state index in [1.807, 2.05) is 18.2 Å². The molecule has 0 atom stereocenters. The first-order valence-electron chi connectivity index (χ1n) is 6.26. The highest BCUT2D eigenvalue weighted by atomic mass is 35.5. The van der Waals surface area contributed by atoms with Crippen LogP contribution in [0.2, 0.25) is 5.02 Å². The van der Waals surface area contributed by atoms with Gasteiger partial charge in [-0.1, -0.05) is 41.9 Å². The molecule has 0 radical (unpaired) electrons. The topological polar surface area (TPSA) is 9.23 Å². The summed E-state index contributed by atoms with van der Waals surface area (Å²) in [6.45, 7) is 0.605. The van der Waals surface area contributed by atoms with Crippen LogP contribution >= 0.6 is 11.6 Å². The second-order valence-corrected chi connectivity index (χ2v) is 5.17. The second kappa shape index (κ2) is 4.01. The van der Waals surface area contributed by atoms with Crippen molar-refractivity contribution in [1.82, 2.24) is 0 Å². The van der Waals surface area contributed by atoms with E-state index in [-0.39, 0.29) is 0 Å². The molecule has 0 aromatic heterocycles. The van der Waals surface area contributed by atoms with Crippen LogP contribution in [0.3, 0.4) is 0 Å². The summed E-state index contributed by atoms with van der Waals surface area (Å²) in [6.07, 6.45) is 0. The summed E-state index contributed by atoms with van der Waals surface area (Å²) in [5.74, 6) is 0.871. The Balaban J connectivity index is 2.08. The zero-order valence-corrected chi connectivity index (χ0v) is 10.9. The molecule has 0 bridgehead atoms. The largest absolute Gasteiger partial charge is 0.488 e. The van der Waals surface area contributed by atoms with E-state index in [2.05, 4.69) is 36.4 Å². The molecule has 1 aliphatic rings. The van der Waals surface area contributed by atoms with Gasteiger partial charge in [0.25, 0.3) is 0 Å². The van der Waals surface area contributed by atoms with Crippen molar-refractivity contribution in [3.63, 3.8) is 0 Å². The molecule has 4 rings (SSSR count). The lowest BCUT2D eigenvalue weighted by atomic mass is 9.93. The predicted molar refractivity (Wildman–Crippen MR) is 78.7 cm³/mol. The van der Waals surface area contributed by atoms with Crippen molar-refractivity contribution in [2.75, 3.05) is 0 Å². The van der Waals surface area contributed by atoms with Gasteiger partial charge in [-0.25, -0.2) is 0 Å². The minimum absolute atomic E-state index is 0.605. The van der Waals surface area contributed by atoms with E-state index >= 15 is 0 Å². The molecular weight excluding hydrogens is 256 g/mol. The first kappa shape index (κ1) is 10.9. The third-order valence-corrected chi connectivity index (χ3v) is 3.91. The fourth-order valence-electron chi connectivity index (χ4n) is 2.68. The third-order valence-electron chi connectivity index (χ3n) is 3.60. The Morgan fingerprint density at radius 1 is 0.895 bits per heavy atom. The van der Waals surface area contributed by atoms with E-state index in [1.54, 1.807) is 0 Å². The summed E-state index contributed by atoms with van der Waals surface area (Å²) in [5.41, 5.74) is 3.39. The summed E-state index contributed by atoms with van der Waals surface area (Å²) in [6, 6.07) is 18.6. The van der Waals surface area contributed by atoms with Crippen LogP contribution in [0, 0.1) is 0 Å². The highest BCUT2D eigenvalue weighted by Crippen LogP contribution is 2.43. The van der Waals surface area contributed by atoms with Crippen LogP contribution in [0.1, 0.15) is 5.56 Å². The van der Waals surface area contributed by atoms with Crippen molar-refractivity contribution in [2.24, 2.45) is 0 Å². The van der Waals surface area contributed by atoms with Gasteiger partial charge in [0.15, 0.2) is 0 Å². The first-order chi connectivity index (χ1) is 9.33. The molecule has 19 heavy (non-hydrogen) atoms. The molecule has 3 aromatic carbocycles. The fraction of sp³-hybridized carbons (Fsp3) is 0.0588. The van der Waals surface area contributed by atoms with Gasteiger partial charge in [0.2, 0.25) is 0 Å². The molecule has 0 spiro atoms. The number of fused-ring (bicyclic) bond motifs is 4. The standard InChI is InChI=1S/C17H11ClO/c18-15-6-3-7-16-17(15)14-9-12-5-2-1-4-11(12)8-13(14)10-19-16/h1-9H,10H2. The van der Waals surface area contributed by atoms with E-state index in [4.69, 9.17) is 16.3 Å². The lowest BCUT2D eigenvalue weighted by Crippen LogP contribution is -2.05. The molecule has 0 aliphatic carbocycles. The Morgan fingerprint density at radius 3 is 2.53 bits per heavy atom. The maximum Gasteiger partial charge on any atom is 0.129 e. The summed E-state index contributed by atoms with van der Waals surface area (Å²) >= 11 is 6.34. The van der Waals surface area contributed by atoms with Crippen LogP contribution in [0.5, 0.6) is 5.75 Å². The molecule has 0 amide bonds. The third kappa shape index (κ3) is 1.62. The molecule has 3 aromatic rings. The Morgan fingerprint density at radius 2 is 1.68 bits per heavy atom. The number of halogens is 1. The number of hydrogen-bond donors (Lipinski definition) is 0. The lowest BCUT2D eigenvalue weighted by Gasteiger charge is -2.22. The number of ether oxygens (including phenoxy) is 1. The maximum absolute atomic E-state index is 6.34. The summed E-state index contributed by atoms with van der Waals surface area (Å²) in [4.78, 5) is 0. The second-order valence-electron chi connectivity index (χ2n) is 4.76. The Hall–Kier alpha value is -1.99. The monoisotopic (exact) mass is 266 g/mol. The zero-order valence-electron chi connectivity index (χ0n) is 10.2. The van der Waals surface area contributed by atoms with Crippen LogP contribution in [-0.2, 0) is 6.61 Å². The van der Waals surface area contributed by atoms with Crippen LogP contribution in [0.4, 0.5) is 0 Å². The van der Waals surface area contributed by atoms with Gasteiger partial charge in [-0.3, -0.25) is 0 Å². The predicted octanol–water partition coefficient (Wildman–Crippen LogP) is 5.05. The molecule has 1 heterocycles. The molecule has 0 saturated carbocycles. The Bertz CT molecular complexity index is 792. The number of rotatable bonds is 0. The Kier molecular flexibility index (Phi) is 2.30. The number of benzene rings is 3. The maximum atomic E-state index is 6.34. The molecule has 1 aliphatic heterocycles. The van der Waals surface area contributed by atoms with Gasteiger partial charge >= 0.3 is 0 Å². The summed E-state index contributed by atoms with van der Waals surface area (Å²) in [5, 5.41) is 3.21. The first-order valence-corrected chi connectivity index (χ1v) is 6.64. The van der Waals surface area contributed by atoms with Crippen LogP contribution in [0.15, 0.2) is 54.6 Å². The minimum Gasteiger partial charge on any atom is -0.488 e. The SMILES string of the molecule is Clc1cccc2c1-c1cc3ccccc3cc1CO2. The summed E-state index contributed by atoms with van der Waals surface area (Å²) in [7, 11) is 0. The van der Waals surface area contributed by atoms with E-state index in [1.165, 1.54) is 21.9 Å². The average Bonchev–Trinajstić information content (AvgIpc) is 2.45. The Labute approximate surface area is 116 Å². The molecular formula is C17H11ClO. The summed E-state index contributed by atoms with van der Waals surface area (Å²) < 4.78 is 5.80. The van der Waals surface area contributed by atoms with Gasteiger partial charge in [0.05, 0.1) is 5.02 Å². The highest BCUT2D eigenvalue weighted by molar-refractivity contribution is 6.33. The smallest absolute Gasteiger partial charge is 0.129 e. The molecule has 0 fully saturated rings. The van der Waals surface area contributed by atoms with Gasteiger partial charge in [0, 0.05) is 5.56 Å². The molecule has 1 nitrogen and oxygen atoms in total. The van der Waals surface area contributed by atoms with Gasteiger partial charge in [-0.05, 0) is 46.2 Å². The van der Waals surface area contributed by atoms with Crippen LogP contribution in [0.25, 0.3) is 21.9 Å². The van der Waals surface area contributed by atoms with Crippen molar-refractivity contribution >= 4 is 22.4 Å². The van der Waals surface area contributed by atoms with Crippen molar-refractivity contribution in [3.05, 3.63) is 65.2 Å². The van der Waals surface area contributed by atoms with Crippen molar-refractivity contribution in [3.8, 4) is 16.9 Å². The van der Waals surface area contributed by atoms with E-state index in [9.17, 15) is 0 Å². The van der Waals surface area contributed by atoms with Crippen molar-refractivity contribution in [1.29, 1.82) is 0 Å². The lowest BCUT2D eigenvalue weighted by molar-refractivity contribution is 0.302. The van der Waals surface area contributed by atoms with Crippen molar-refractivity contribution < 1.29 is 4.74 Å². The van der Waals surface area contributed by atoms with E-state index < -0.39 is 0 Å². The minimum atomic E-state index is 0.605. The molecule has 0 unspecified atom stereocenters. The molecule has 2 heteroatoms. The van der Waals surface area contributed by atoms with Crippen LogP contribution in [-0.4, -0.2) is 0 Å². The van der Waals surface area contributed by atoms with Crippen LogP contribution < -0.4 is 4.74 Å². The highest BCUT2D eigenvalue weighted by Gasteiger charge is 2.20. The van der Waals surface area contributed by atoms with Crippen molar-refractivity contribution in [2.45, 2.75) is 6.61 Å². The fourth-order valence-corrected chi connectivity index (χ4v) is 2.95. The quantitative estimate of drug-likeness (QED) is 0.553. The zero-order chi connectivity index (χ0) is 12.8. The van der Waals surface area contributed by atoms with E-state index in [0.29, 0.717) is 6.61 Å². The van der Waals surface area contributed by atoms with Gasteiger partial charge in [-0.2, -0.15) is 0 Å². The van der Waals surface area contributed by atoms with Gasteiger partial charge in [0.1, 0.15) is 12.4 Å². The van der Waals surface area contributed by atoms with E-state index in [0.717, 1.165) is 16.3 Å². The van der Waals surface area contributed by atoms with Gasteiger partial charge < -0.3 is 4.74 Å². The molecule has 0 N–H and O–H groups in total. The molecule has 92 valence electrons. The molecule has 0 saturated heterocycles.